The lowest BCUT2D eigenvalue weighted by molar-refractivity contribution is 0.145. The molecule has 2 aromatic carbocycles. The van der Waals surface area contributed by atoms with E-state index < -0.39 is 0 Å². The van der Waals surface area contributed by atoms with Gasteiger partial charge in [0.1, 0.15) is 12.7 Å². The quantitative estimate of drug-likeness (QED) is 0.437. The van der Waals surface area contributed by atoms with Crippen LogP contribution in [0.3, 0.4) is 0 Å². The molecule has 0 bridgehead atoms. The van der Waals surface area contributed by atoms with Crippen LogP contribution in [0.5, 0.6) is 0 Å². The number of anilines is 4. The predicted octanol–water partition coefficient (Wildman–Crippen LogP) is 3.75. The second-order valence-corrected chi connectivity index (χ2v) is 8.88. The van der Waals surface area contributed by atoms with E-state index in [1.54, 1.807) is 6.20 Å². The summed E-state index contributed by atoms with van der Waals surface area (Å²) in [4.78, 5) is 15.4. The molecule has 0 atom stereocenters. The highest BCUT2D eigenvalue weighted by Gasteiger charge is 2.20. The minimum atomic E-state index is -0.253. The van der Waals surface area contributed by atoms with Crippen molar-refractivity contribution in [2.24, 2.45) is 4.99 Å². The molecule has 3 aromatic rings. The van der Waals surface area contributed by atoms with E-state index in [9.17, 15) is 10.4 Å². The van der Waals surface area contributed by atoms with Gasteiger partial charge < -0.3 is 15.3 Å². The first kappa shape index (κ1) is 22.1. The standard InChI is InChI=1S/C24H23BrN8O/c25-23-28-15-33(31-23)19-4-2-18(3-5-19)29-24-27-10-7-21(30-24)16-1-6-22(17(13-16)14-26)32-11-8-20(34)9-12-32/h1-7,10,13,20,34H,8-9,11-12,15H2,(H,28,31)(H,27,29,30). The normalized spacial score (nSPS) is 16.1. The smallest absolute Gasteiger partial charge is 0.227 e. The summed E-state index contributed by atoms with van der Waals surface area (Å²) in [7, 11) is 0. The molecule has 0 radical (unpaired) electrons. The Labute approximate surface area is 205 Å². The molecule has 0 unspecified atom stereocenters. The van der Waals surface area contributed by atoms with Gasteiger partial charge in [-0.25, -0.2) is 15.0 Å². The van der Waals surface area contributed by atoms with Gasteiger partial charge >= 0.3 is 0 Å². The monoisotopic (exact) mass is 518 g/mol. The average Bonchev–Trinajstić information content (AvgIpc) is 3.31. The third kappa shape index (κ3) is 4.81. The molecule has 5 rings (SSSR count). The topological polar surface area (TPSA) is 113 Å². The van der Waals surface area contributed by atoms with Gasteiger partial charge in [-0.2, -0.15) is 5.26 Å². The number of rotatable bonds is 5. The molecule has 2 aliphatic rings. The Morgan fingerprint density at radius 1 is 1.12 bits per heavy atom. The summed E-state index contributed by atoms with van der Waals surface area (Å²) >= 11 is 3.33. The highest BCUT2D eigenvalue weighted by atomic mass is 79.9. The molecular weight excluding hydrogens is 496 g/mol. The van der Waals surface area contributed by atoms with Crippen LogP contribution in [-0.2, 0) is 0 Å². The number of benzene rings is 2. The highest BCUT2D eigenvalue weighted by molar-refractivity contribution is 9.18. The zero-order chi connectivity index (χ0) is 23.5. The molecule has 0 aliphatic carbocycles. The Kier molecular flexibility index (Phi) is 6.29. The summed E-state index contributed by atoms with van der Waals surface area (Å²) in [5.41, 5.74) is 8.05. The number of nitriles is 1. The van der Waals surface area contributed by atoms with Crippen molar-refractivity contribution >= 4 is 43.7 Å². The van der Waals surface area contributed by atoms with Crippen LogP contribution in [0.25, 0.3) is 11.3 Å². The Hall–Kier alpha value is -3.68. The van der Waals surface area contributed by atoms with Crippen molar-refractivity contribution < 1.29 is 5.11 Å². The lowest BCUT2D eigenvalue weighted by Gasteiger charge is -2.32. The van der Waals surface area contributed by atoms with E-state index in [1.807, 2.05) is 53.5 Å². The predicted molar refractivity (Wildman–Crippen MR) is 136 cm³/mol. The van der Waals surface area contributed by atoms with Crippen LogP contribution in [0.4, 0.5) is 23.0 Å². The number of aliphatic hydroxyl groups is 1. The highest BCUT2D eigenvalue weighted by Crippen LogP contribution is 2.29. The molecule has 1 fully saturated rings. The lowest BCUT2D eigenvalue weighted by Crippen LogP contribution is -2.36. The average molecular weight is 519 g/mol. The van der Waals surface area contributed by atoms with E-state index in [1.165, 1.54) is 0 Å². The number of nitrogens with one attached hydrogen (secondary N) is 2. The molecule has 0 spiro atoms. The summed E-state index contributed by atoms with van der Waals surface area (Å²) in [5.74, 6) is 0.475. The van der Waals surface area contributed by atoms with Gasteiger partial charge in [-0.1, -0.05) is 6.07 Å². The number of halogens is 1. The first-order valence-corrected chi connectivity index (χ1v) is 11.8. The fourth-order valence-electron chi connectivity index (χ4n) is 4.06. The Morgan fingerprint density at radius 3 is 2.62 bits per heavy atom. The molecule has 3 N–H and O–H groups in total. The third-order valence-electron chi connectivity index (χ3n) is 5.89. The second kappa shape index (κ2) is 9.67. The lowest BCUT2D eigenvalue weighted by atomic mass is 10.0. The molecule has 0 amide bonds. The van der Waals surface area contributed by atoms with Crippen LogP contribution >= 0.6 is 15.9 Å². The van der Waals surface area contributed by atoms with Crippen molar-refractivity contribution in [3.8, 4) is 17.3 Å². The first-order chi connectivity index (χ1) is 16.6. The van der Waals surface area contributed by atoms with Crippen molar-refractivity contribution in [2.45, 2.75) is 18.9 Å². The summed E-state index contributed by atoms with van der Waals surface area (Å²) < 4.78 is 0.710. The summed E-state index contributed by atoms with van der Waals surface area (Å²) in [6, 6.07) is 17.8. The minimum Gasteiger partial charge on any atom is -0.393 e. The van der Waals surface area contributed by atoms with Gasteiger partial charge in [0.05, 0.1) is 28.7 Å². The number of piperidine rings is 1. The van der Waals surface area contributed by atoms with Crippen molar-refractivity contribution in [1.29, 1.82) is 5.26 Å². The van der Waals surface area contributed by atoms with E-state index in [0.717, 1.165) is 41.4 Å². The molecular formula is C24H23BrN8O. The van der Waals surface area contributed by atoms with Crippen LogP contribution in [0.1, 0.15) is 18.4 Å². The van der Waals surface area contributed by atoms with E-state index >= 15 is 0 Å². The summed E-state index contributed by atoms with van der Waals surface area (Å²) in [6.45, 7) is 2.03. The van der Waals surface area contributed by atoms with E-state index in [-0.39, 0.29) is 6.10 Å². The number of hydrogen-bond donors (Lipinski definition) is 3. The number of nitrogens with zero attached hydrogens (tertiary/aromatic N) is 6. The van der Waals surface area contributed by atoms with Gasteiger partial charge in [-0.05, 0) is 71.2 Å². The SMILES string of the molecule is N#Cc1cc(-c2ccnc(Nc3ccc(N4CN=C(Br)N4)cc3)n2)ccc1N1CCC(O)CC1. The van der Waals surface area contributed by atoms with Gasteiger partial charge in [-0.15, -0.1) is 0 Å². The first-order valence-electron chi connectivity index (χ1n) is 11.0. The zero-order valence-electron chi connectivity index (χ0n) is 18.3. The van der Waals surface area contributed by atoms with Crippen LogP contribution in [0.2, 0.25) is 0 Å². The van der Waals surface area contributed by atoms with Gasteiger partial charge in [0.15, 0.2) is 4.74 Å². The summed E-state index contributed by atoms with van der Waals surface area (Å²) in [6.07, 6.45) is 2.88. The Bertz CT molecular complexity index is 1250. The molecule has 1 saturated heterocycles. The largest absolute Gasteiger partial charge is 0.393 e. The molecule has 34 heavy (non-hydrogen) atoms. The number of hydrazine groups is 1. The Balaban J connectivity index is 1.31. The van der Waals surface area contributed by atoms with Gasteiger partial charge in [0.25, 0.3) is 0 Å². The van der Waals surface area contributed by atoms with Gasteiger partial charge in [0.2, 0.25) is 5.95 Å². The number of aliphatic hydroxyl groups excluding tert-OH is 1. The minimum absolute atomic E-state index is 0.253. The fraction of sp³-hybridized carbons (Fsp3) is 0.250. The fourth-order valence-corrected chi connectivity index (χ4v) is 4.39. The molecule has 0 saturated carbocycles. The maximum absolute atomic E-state index is 9.77. The Morgan fingerprint density at radius 2 is 1.91 bits per heavy atom. The number of hydrogen-bond acceptors (Lipinski definition) is 9. The molecule has 2 aliphatic heterocycles. The van der Waals surface area contributed by atoms with Gasteiger partial charge in [-0.3, -0.25) is 10.4 Å². The maximum Gasteiger partial charge on any atom is 0.227 e. The third-order valence-corrected chi connectivity index (χ3v) is 6.31. The molecule has 172 valence electrons. The van der Waals surface area contributed by atoms with E-state index in [4.69, 9.17) is 0 Å². The molecule has 1 aromatic heterocycles. The van der Waals surface area contributed by atoms with Gasteiger partial charge in [0, 0.05) is 30.5 Å². The van der Waals surface area contributed by atoms with Crippen molar-refractivity contribution in [2.75, 3.05) is 35.0 Å². The number of aromatic nitrogens is 2. The van der Waals surface area contributed by atoms with Crippen molar-refractivity contribution in [1.82, 2.24) is 15.4 Å². The van der Waals surface area contributed by atoms with Crippen molar-refractivity contribution in [3.63, 3.8) is 0 Å². The second-order valence-electron chi connectivity index (χ2n) is 8.13. The van der Waals surface area contributed by atoms with E-state index in [2.05, 4.69) is 52.6 Å². The molecule has 10 heteroatoms. The van der Waals surface area contributed by atoms with E-state index in [0.29, 0.717) is 35.8 Å². The summed E-state index contributed by atoms with van der Waals surface area (Å²) in [5, 5.41) is 24.7. The number of aliphatic imine (C=N–C) groups is 1. The van der Waals surface area contributed by atoms with Crippen LogP contribution < -0.4 is 20.7 Å². The molecule has 3 heterocycles. The van der Waals surface area contributed by atoms with Crippen LogP contribution in [-0.4, -0.2) is 45.7 Å². The zero-order valence-corrected chi connectivity index (χ0v) is 19.9. The van der Waals surface area contributed by atoms with Crippen molar-refractivity contribution in [3.05, 3.63) is 60.3 Å². The maximum atomic E-state index is 9.77. The molecule has 9 nitrogen and oxygen atoms in total. The number of amidine groups is 1. The van der Waals surface area contributed by atoms with Crippen LogP contribution in [0.15, 0.2) is 59.7 Å². The van der Waals surface area contributed by atoms with Crippen LogP contribution in [0, 0.1) is 11.3 Å².